The van der Waals surface area contributed by atoms with E-state index in [1.807, 2.05) is 19.9 Å². The maximum absolute atomic E-state index is 5.54. The first-order valence-electron chi connectivity index (χ1n) is 4.78. The topological polar surface area (TPSA) is 47.6 Å². The summed E-state index contributed by atoms with van der Waals surface area (Å²) in [5.41, 5.74) is 7.28. The Hall–Kier alpha value is -0.830. The first kappa shape index (κ1) is 10.3. The van der Waals surface area contributed by atoms with Gasteiger partial charge in [-0.05, 0) is 39.2 Å². The fourth-order valence-electron chi connectivity index (χ4n) is 1.42. The molecule has 1 fully saturated rings. The molecular weight excluding hydrogens is 164 g/mol. The predicted molar refractivity (Wildman–Crippen MR) is 54.6 cm³/mol. The van der Waals surface area contributed by atoms with Crippen LogP contribution in [0.15, 0.2) is 16.8 Å². The fourth-order valence-corrected chi connectivity index (χ4v) is 1.42. The zero-order valence-electron chi connectivity index (χ0n) is 8.42. The van der Waals surface area contributed by atoms with Gasteiger partial charge in [0.25, 0.3) is 0 Å². The number of ether oxygens (including phenoxy) is 1. The van der Waals surface area contributed by atoms with E-state index < -0.39 is 0 Å². The Balaban J connectivity index is 2.48. The molecule has 0 amide bonds. The molecule has 0 radical (unpaired) electrons. The lowest BCUT2D eigenvalue weighted by Crippen LogP contribution is -2.17. The number of rotatable bonds is 2. The molecule has 74 valence electrons. The van der Waals surface area contributed by atoms with Gasteiger partial charge in [-0.1, -0.05) is 0 Å². The molecule has 1 rings (SSSR count). The second-order valence-corrected chi connectivity index (χ2v) is 3.48. The highest BCUT2D eigenvalue weighted by molar-refractivity contribution is 5.93. The molecule has 0 saturated carbocycles. The zero-order chi connectivity index (χ0) is 9.68. The van der Waals surface area contributed by atoms with E-state index >= 15 is 0 Å². The summed E-state index contributed by atoms with van der Waals surface area (Å²) in [6.45, 7) is 4.65. The van der Waals surface area contributed by atoms with Gasteiger partial charge in [-0.3, -0.25) is 4.99 Å². The lowest BCUT2D eigenvalue weighted by Gasteiger charge is -2.19. The Labute approximate surface area is 79.7 Å². The van der Waals surface area contributed by atoms with E-state index in [0.29, 0.717) is 0 Å². The summed E-state index contributed by atoms with van der Waals surface area (Å²) in [4.78, 5) is 4.41. The highest BCUT2D eigenvalue weighted by Crippen LogP contribution is 2.13. The Morgan fingerprint density at radius 3 is 2.77 bits per heavy atom. The summed E-state index contributed by atoms with van der Waals surface area (Å²) in [5, 5.41) is 0. The second-order valence-electron chi connectivity index (χ2n) is 3.48. The summed E-state index contributed by atoms with van der Waals surface area (Å²) >= 11 is 0. The Bertz CT molecular complexity index is 211. The molecule has 0 aromatic rings. The van der Waals surface area contributed by atoms with Crippen molar-refractivity contribution in [3.05, 3.63) is 11.8 Å². The van der Waals surface area contributed by atoms with Crippen molar-refractivity contribution in [2.75, 3.05) is 6.61 Å². The molecule has 0 aromatic carbocycles. The van der Waals surface area contributed by atoms with E-state index in [2.05, 4.69) is 4.99 Å². The highest BCUT2D eigenvalue weighted by Gasteiger charge is 2.11. The van der Waals surface area contributed by atoms with Gasteiger partial charge >= 0.3 is 0 Å². The maximum Gasteiger partial charge on any atom is 0.148 e. The predicted octanol–water partition coefficient (Wildman–Crippen LogP) is 1.84. The van der Waals surface area contributed by atoms with Crippen molar-refractivity contribution in [3.8, 4) is 0 Å². The van der Waals surface area contributed by atoms with Crippen LogP contribution in [0.2, 0.25) is 0 Å². The van der Waals surface area contributed by atoms with Crippen LogP contribution in [0.1, 0.15) is 33.1 Å². The molecule has 1 unspecified atom stereocenters. The normalized spacial score (nSPS) is 26.2. The van der Waals surface area contributed by atoms with E-state index in [1.54, 1.807) is 0 Å². The molecule has 1 heterocycles. The van der Waals surface area contributed by atoms with E-state index in [4.69, 9.17) is 10.5 Å². The Morgan fingerprint density at radius 1 is 1.46 bits per heavy atom. The molecule has 1 aliphatic rings. The smallest absolute Gasteiger partial charge is 0.148 e. The molecule has 2 N–H and O–H groups in total. The largest absolute Gasteiger partial charge is 0.402 e. The Kier molecular flexibility index (Phi) is 3.96. The second kappa shape index (κ2) is 5.02. The maximum atomic E-state index is 5.54. The third kappa shape index (κ3) is 4.08. The van der Waals surface area contributed by atoms with Gasteiger partial charge in [-0.25, -0.2) is 0 Å². The van der Waals surface area contributed by atoms with Gasteiger partial charge in [0.05, 0.1) is 0 Å². The van der Waals surface area contributed by atoms with Crippen molar-refractivity contribution in [3.63, 3.8) is 0 Å². The fraction of sp³-hybridized carbons (Fsp3) is 0.700. The number of hydrogen-bond donors (Lipinski definition) is 1. The van der Waals surface area contributed by atoms with Crippen molar-refractivity contribution in [1.29, 1.82) is 0 Å². The van der Waals surface area contributed by atoms with Crippen LogP contribution in [0.4, 0.5) is 0 Å². The number of aliphatic imine (C=N–C) groups is 1. The molecule has 0 bridgehead atoms. The van der Waals surface area contributed by atoms with Crippen LogP contribution in [-0.4, -0.2) is 18.5 Å². The molecule has 3 nitrogen and oxygen atoms in total. The molecule has 3 heteroatoms. The van der Waals surface area contributed by atoms with Crippen LogP contribution in [0.3, 0.4) is 0 Å². The van der Waals surface area contributed by atoms with Gasteiger partial charge in [-0.2, -0.15) is 0 Å². The average Bonchev–Trinajstić information content (AvgIpc) is 2.04. The van der Waals surface area contributed by atoms with Gasteiger partial charge in [0.1, 0.15) is 6.23 Å². The van der Waals surface area contributed by atoms with Gasteiger partial charge in [0.2, 0.25) is 0 Å². The SMILES string of the molecule is C/C(N)=C/C(C)=N/C1CCCCO1. The summed E-state index contributed by atoms with van der Waals surface area (Å²) < 4.78 is 5.47. The van der Waals surface area contributed by atoms with Gasteiger partial charge in [0, 0.05) is 18.0 Å². The summed E-state index contributed by atoms with van der Waals surface area (Å²) in [5.74, 6) is 0. The highest BCUT2D eigenvalue weighted by atomic mass is 16.5. The van der Waals surface area contributed by atoms with Crippen molar-refractivity contribution >= 4 is 5.71 Å². The van der Waals surface area contributed by atoms with Crippen LogP contribution >= 0.6 is 0 Å². The van der Waals surface area contributed by atoms with Crippen LogP contribution in [0.25, 0.3) is 0 Å². The molecule has 0 aromatic heterocycles. The third-order valence-electron chi connectivity index (χ3n) is 1.94. The summed E-state index contributed by atoms with van der Waals surface area (Å²) in [6.07, 6.45) is 5.35. The molecule has 13 heavy (non-hydrogen) atoms. The molecule has 1 atom stereocenters. The van der Waals surface area contributed by atoms with Crippen LogP contribution in [0.5, 0.6) is 0 Å². The molecule has 1 saturated heterocycles. The van der Waals surface area contributed by atoms with Crippen LogP contribution < -0.4 is 5.73 Å². The molecule has 1 aliphatic heterocycles. The van der Waals surface area contributed by atoms with E-state index in [9.17, 15) is 0 Å². The molecular formula is C10H18N2O. The lowest BCUT2D eigenvalue weighted by atomic mass is 10.2. The minimum Gasteiger partial charge on any atom is -0.402 e. The summed E-state index contributed by atoms with van der Waals surface area (Å²) in [7, 11) is 0. The first-order chi connectivity index (χ1) is 6.18. The average molecular weight is 182 g/mol. The van der Waals surface area contributed by atoms with Crippen molar-refractivity contribution in [2.24, 2.45) is 10.7 Å². The lowest BCUT2D eigenvalue weighted by molar-refractivity contribution is 0.0224. The van der Waals surface area contributed by atoms with E-state index in [0.717, 1.165) is 30.9 Å². The van der Waals surface area contributed by atoms with Crippen LogP contribution in [0, 0.1) is 0 Å². The molecule has 0 aliphatic carbocycles. The summed E-state index contributed by atoms with van der Waals surface area (Å²) in [6, 6.07) is 0. The standard InChI is InChI=1S/C10H18N2O/c1-8(11)7-9(2)12-10-5-3-4-6-13-10/h7,10H,3-6,11H2,1-2H3/b8-7-,12-9+. The number of allylic oxidation sites excluding steroid dienone is 2. The third-order valence-corrected chi connectivity index (χ3v) is 1.94. The van der Waals surface area contributed by atoms with Crippen molar-refractivity contribution < 1.29 is 4.74 Å². The first-order valence-corrected chi connectivity index (χ1v) is 4.78. The van der Waals surface area contributed by atoms with Crippen molar-refractivity contribution in [2.45, 2.75) is 39.3 Å². The molecule has 0 spiro atoms. The van der Waals surface area contributed by atoms with Gasteiger partial charge in [0.15, 0.2) is 0 Å². The van der Waals surface area contributed by atoms with Gasteiger partial charge < -0.3 is 10.5 Å². The van der Waals surface area contributed by atoms with Crippen molar-refractivity contribution in [1.82, 2.24) is 0 Å². The van der Waals surface area contributed by atoms with Crippen LogP contribution in [-0.2, 0) is 4.74 Å². The quantitative estimate of drug-likeness (QED) is 0.662. The monoisotopic (exact) mass is 182 g/mol. The van der Waals surface area contributed by atoms with E-state index in [-0.39, 0.29) is 6.23 Å². The minimum atomic E-state index is 0.0596. The minimum absolute atomic E-state index is 0.0596. The number of nitrogens with two attached hydrogens (primary N) is 1. The number of nitrogens with zero attached hydrogens (tertiary/aromatic N) is 1. The number of hydrogen-bond acceptors (Lipinski definition) is 3. The Morgan fingerprint density at radius 2 is 2.23 bits per heavy atom. The van der Waals surface area contributed by atoms with Gasteiger partial charge in [-0.15, -0.1) is 0 Å². The van der Waals surface area contributed by atoms with E-state index in [1.165, 1.54) is 6.42 Å². The zero-order valence-corrected chi connectivity index (χ0v) is 8.42.